The second kappa shape index (κ2) is 6.94. The monoisotopic (exact) mass is 350 g/mol. The first-order valence-electron chi connectivity index (χ1n) is 9.15. The maximum Gasteiger partial charge on any atom is 0.255 e. The number of rotatable bonds is 3. The van der Waals surface area contributed by atoms with Gasteiger partial charge < -0.3 is 10.2 Å². The molecule has 0 unspecified atom stereocenters. The van der Waals surface area contributed by atoms with E-state index >= 15 is 0 Å². The van der Waals surface area contributed by atoms with Crippen LogP contribution in [0.15, 0.2) is 42.5 Å². The number of nitrogens with zero attached hydrogens (tertiary/aromatic N) is 1. The van der Waals surface area contributed by atoms with Crippen molar-refractivity contribution in [1.29, 1.82) is 0 Å². The molecule has 2 aromatic rings. The van der Waals surface area contributed by atoms with Gasteiger partial charge in [0.25, 0.3) is 5.91 Å². The Bertz CT molecular complexity index is 832. The van der Waals surface area contributed by atoms with Crippen LogP contribution in [-0.2, 0) is 16.6 Å². The minimum atomic E-state index is -0.121. The van der Waals surface area contributed by atoms with Crippen molar-refractivity contribution in [3.05, 3.63) is 59.2 Å². The number of nitrogens with one attached hydrogen (secondary N) is 1. The van der Waals surface area contributed by atoms with Crippen molar-refractivity contribution in [1.82, 2.24) is 0 Å². The predicted molar refractivity (Wildman–Crippen MR) is 106 cm³/mol. The molecule has 26 heavy (non-hydrogen) atoms. The van der Waals surface area contributed by atoms with E-state index in [-0.39, 0.29) is 17.2 Å². The largest absolute Gasteiger partial charge is 0.322 e. The van der Waals surface area contributed by atoms with E-state index in [1.54, 1.807) is 4.90 Å². The Balaban J connectivity index is 1.77. The van der Waals surface area contributed by atoms with E-state index in [4.69, 9.17) is 0 Å². The van der Waals surface area contributed by atoms with Gasteiger partial charge in [-0.05, 0) is 60.2 Å². The molecular weight excluding hydrogens is 324 g/mol. The summed E-state index contributed by atoms with van der Waals surface area (Å²) in [4.78, 5) is 26.3. The van der Waals surface area contributed by atoms with Crippen molar-refractivity contribution in [3.63, 3.8) is 0 Å². The van der Waals surface area contributed by atoms with Crippen molar-refractivity contribution in [3.8, 4) is 0 Å². The third-order valence-corrected chi connectivity index (χ3v) is 4.87. The molecule has 1 N–H and O–H groups in total. The van der Waals surface area contributed by atoms with Crippen molar-refractivity contribution in [2.75, 3.05) is 16.8 Å². The first-order valence-corrected chi connectivity index (χ1v) is 9.15. The molecule has 136 valence electrons. The molecule has 0 spiro atoms. The molecule has 0 bridgehead atoms. The SMILES string of the molecule is CCN1C(=O)CCc2cc(NC(=O)c3ccc(C(C)(C)C)cc3)ccc21. The second-order valence-corrected chi connectivity index (χ2v) is 7.76. The van der Waals surface area contributed by atoms with Gasteiger partial charge in [-0.2, -0.15) is 0 Å². The molecule has 3 rings (SSSR count). The van der Waals surface area contributed by atoms with Crippen molar-refractivity contribution >= 4 is 23.2 Å². The van der Waals surface area contributed by atoms with Gasteiger partial charge in [-0.3, -0.25) is 9.59 Å². The molecule has 0 aliphatic carbocycles. The molecule has 0 saturated carbocycles. The normalized spacial score (nSPS) is 14.2. The number of benzene rings is 2. The van der Waals surface area contributed by atoms with Gasteiger partial charge in [0.05, 0.1) is 0 Å². The summed E-state index contributed by atoms with van der Waals surface area (Å²) in [7, 11) is 0. The van der Waals surface area contributed by atoms with Gasteiger partial charge in [0.1, 0.15) is 0 Å². The Morgan fingerprint density at radius 3 is 2.38 bits per heavy atom. The zero-order valence-electron chi connectivity index (χ0n) is 15.9. The fourth-order valence-corrected chi connectivity index (χ4v) is 3.31. The molecule has 2 aromatic carbocycles. The highest BCUT2D eigenvalue weighted by Crippen LogP contribution is 2.30. The van der Waals surface area contributed by atoms with Crippen LogP contribution in [0.5, 0.6) is 0 Å². The van der Waals surface area contributed by atoms with Crippen molar-refractivity contribution < 1.29 is 9.59 Å². The Hall–Kier alpha value is -2.62. The smallest absolute Gasteiger partial charge is 0.255 e. The Labute approximate surface area is 155 Å². The van der Waals surface area contributed by atoms with Crippen LogP contribution in [0.1, 0.15) is 55.6 Å². The lowest BCUT2D eigenvalue weighted by Crippen LogP contribution is -2.34. The van der Waals surface area contributed by atoms with E-state index in [0.29, 0.717) is 24.9 Å². The van der Waals surface area contributed by atoms with Crippen molar-refractivity contribution in [2.45, 2.75) is 46.0 Å². The van der Waals surface area contributed by atoms with Crippen LogP contribution < -0.4 is 10.2 Å². The van der Waals surface area contributed by atoms with Gasteiger partial charge >= 0.3 is 0 Å². The highest BCUT2D eigenvalue weighted by Gasteiger charge is 2.23. The lowest BCUT2D eigenvalue weighted by atomic mass is 9.87. The topological polar surface area (TPSA) is 49.4 Å². The number of carbonyl (C=O) groups is 2. The van der Waals surface area contributed by atoms with E-state index in [1.165, 1.54) is 5.56 Å². The van der Waals surface area contributed by atoms with Crippen LogP contribution in [0, 0.1) is 0 Å². The average molecular weight is 350 g/mol. The van der Waals surface area contributed by atoms with E-state index in [9.17, 15) is 9.59 Å². The average Bonchev–Trinajstić information content (AvgIpc) is 2.61. The predicted octanol–water partition coefficient (Wildman–Crippen LogP) is 4.54. The molecule has 2 amide bonds. The number of aryl methyl sites for hydroxylation is 1. The fourth-order valence-electron chi connectivity index (χ4n) is 3.31. The summed E-state index contributed by atoms with van der Waals surface area (Å²) >= 11 is 0. The molecule has 4 nitrogen and oxygen atoms in total. The third kappa shape index (κ3) is 3.64. The standard InChI is InChI=1S/C22H26N2O2/c1-5-24-19-12-11-18(14-16(19)8-13-20(24)25)23-21(26)15-6-9-17(10-7-15)22(2,3)4/h6-7,9-12,14H,5,8,13H2,1-4H3,(H,23,26). The van der Waals surface area contributed by atoms with E-state index in [2.05, 4.69) is 26.1 Å². The quantitative estimate of drug-likeness (QED) is 0.884. The number of fused-ring (bicyclic) bond motifs is 1. The zero-order chi connectivity index (χ0) is 18.9. The maximum atomic E-state index is 12.5. The van der Waals surface area contributed by atoms with Gasteiger partial charge in [-0.15, -0.1) is 0 Å². The van der Waals surface area contributed by atoms with Crippen LogP contribution in [0.3, 0.4) is 0 Å². The number of anilines is 2. The molecular formula is C22H26N2O2. The lowest BCUT2D eigenvalue weighted by Gasteiger charge is -2.28. The van der Waals surface area contributed by atoms with Crippen molar-refractivity contribution in [2.24, 2.45) is 0 Å². The summed E-state index contributed by atoms with van der Waals surface area (Å²) in [6.45, 7) is 9.10. The summed E-state index contributed by atoms with van der Waals surface area (Å²) in [5.74, 6) is 0.0420. The van der Waals surface area contributed by atoms with Crippen LogP contribution in [-0.4, -0.2) is 18.4 Å². The number of hydrogen-bond donors (Lipinski definition) is 1. The Morgan fingerprint density at radius 1 is 1.08 bits per heavy atom. The fraction of sp³-hybridized carbons (Fsp3) is 0.364. The summed E-state index contributed by atoms with van der Waals surface area (Å²) < 4.78 is 0. The van der Waals surface area contributed by atoms with Gasteiger partial charge in [0, 0.05) is 29.9 Å². The van der Waals surface area contributed by atoms with Crippen LogP contribution >= 0.6 is 0 Å². The van der Waals surface area contributed by atoms with Crippen LogP contribution in [0.25, 0.3) is 0 Å². The Morgan fingerprint density at radius 2 is 1.77 bits per heavy atom. The molecule has 1 heterocycles. The highest BCUT2D eigenvalue weighted by molar-refractivity contribution is 6.04. The molecule has 0 atom stereocenters. The first kappa shape index (κ1) is 18.2. The summed E-state index contributed by atoms with van der Waals surface area (Å²) in [5, 5.41) is 2.97. The maximum absolute atomic E-state index is 12.5. The first-order chi connectivity index (χ1) is 12.3. The second-order valence-electron chi connectivity index (χ2n) is 7.76. The minimum Gasteiger partial charge on any atom is -0.322 e. The lowest BCUT2D eigenvalue weighted by molar-refractivity contribution is -0.118. The summed E-state index contributed by atoms with van der Waals surface area (Å²) in [5.41, 5.74) is 4.73. The van der Waals surface area contributed by atoms with E-state index in [0.717, 1.165) is 16.9 Å². The summed E-state index contributed by atoms with van der Waals surface area (Å²) in [6.07, 6.45) is 1.24. The molecule has 1 aliphatic heterocycles. The number of carbonyl (C=O) groups excluding carboxylic acids is 2. The minimum absolute atomic E-state index is 0.0656. The van der Waals surface area contributed by atoms with Gasteiger partial charge in [-0.1, -0.05) is 32.9 Å². The van der Waals surface area contributed by atoms with Crippen LogP contribution in [0.2, 0.25) is 0 Å². The molecule has 4 heteroatoms. The summed E-state index contributed by atoms with van der Waals surface area (Å²) in [6, 6.07) is 13.5. The van der Waals surface area contributed by atoms with Gasteiger partial charge in [0.2, 0.25) is 5.91 Å². The highest BCUT2D eigenvalue weighted by atomic mass is 16.2. The van der Waals surface area contributed by atoms with Crippen LogP contribution in [0.4, 0.5) is 11.4 Å². The number of amides is 2. The van der Waals surface area contributed by atoms with Gasteiger partial charge in [-0.25, -0.2) is 0 Å². The van der Waals surface area contributed by atoms with E-state index in [1.807, 2.05) is 49.4 Å². The van der Waals surface area contributed by atoms with Gasteiger partial charge in [0.15, 0.2) is 0 Å². The molecule has 0 saturated heterocycles. The Kier molecular flexibility index (Phi) is 4.86. The zero-order valence-corrected chi connectivity index (χ0v) is 15.9. The molecule has 0 fully saturated rings. The van der Waals surface area contributed by atoms with E-state index < -0.39 is 0 Å². The molecule has 0 radical (unpaired) electrons. The number of hydrogen-bond acceptors (Lipinski definition) is 2. The molecule has 1 aliphatic rings. The third-order valence-electron chi connectivity index (χ3n) is 4.87. The molecule has 0 aromatic heterocycles.